The molecule has 1 aliphatic rings. The third-order valence-electron chi connectivity index (χ3n) is 10.5. The Morgan fingerprint density at radius 2 is 0.957 bits per heavy atom. The third-order valence-corrected chi connectivity index (χ3v) is 10.5. The Hall–Kier alpha value is -5.86. The summed E-state index contributed by atoms with van der Waals surface area (Å²) in [5.74, 6) is 0. The maximum Gasteiger partial charge on any atom is 0.0625 e. The Balaban J connectivity index is 1.29. The quantitative estimate of drug-likeness (QED) is 0.191. The van der Waals surface area contributed by atoms with Crippen LogP contribution in [0, 0.1) is 0 Å². The average molecular weight is 601 g/mol. The van der Waals surface area contributed by atoms with E-state index in [2.05, 4.69) is 181 Å². The molecule has 222 valence electrons. The molecule has 0 saturated heterocycles. The first-order chi connectivity index (χ1) is 23.1. The summed E-state index contributed by atoms with van der Waals surface area (Å²) >= 11 is 0. The van der Waals surface area contributed by atoms with Crippen molar-refractivity contribution in [3.63, 3.8) is 0 Å². The zero-order valence-electron chi connectivity index (χ0n) is 26.4. The molecule has 0 radical (unpaired) electrons. The molecule has 2 heterocycles. The van der Waals surface area contributed by atoms with Crippen LogP contribution < -0.4 is 0 Å². The molecule has 10 rings (SSSR count). The molecular formula is C45H32N2. The molecule has 0 spiro atoms. The van der Waals surface area contributed by atoms with E-state index < -0.39 is 0 Å². The third kappa shape index (κ3) is 3.56. The van der Waals surface area contributed by atoms with Crippen molar-refractivity contribution in [3.05, 3.63) is 169 Å². The van der Waals surface area contributed by atoms with Gasteiger partial charge in [-0.05, 0) is 76.3 Å². The largest absolute Gasteiger partial charge is 0.309 e. The number of benzene rings is 7. The number of nitrogens with zero attached hydrogens (tertiary/aromatic N) is 2. The summed E-state index contributed by atoms with van der Waals surface area (Å²) < 4.78 is 4.88. The van der Waals surface area contributed by atoms with Gasteiger partial charge >= 0.3 is 0 Å². The summed E-state index contributed by atoms with van der Waals surface area (Å²) in [6, 6.07) is 57.9. The maximum atomic E-state index is 2.49. The van der Waals surface area contributed by atoms with E-state index in [9.17, 15) is 0 Å². The first-order valence-corrected chi connectivity index (χ1v) is 16.5. The van der Waals surface area contributed by atoms with Gasteiger partial charge < -0.3 is 9.13 Å². The van der Waals surface area contributed by atoms with Crippen LogP contribution in [0.4, 0.5) is 0 Å². The van der Waals surface area contributed by atoms with Crippen LogP contribution in [-0.4, -0.2) is 9.13 Å². The van der Waals surface area contributed by atoms with Crippen LogP contribution in [0.25, 0.3) is 77.2 Å². The number of rotatable bonds is 3. The van der Waals surface area contributed by atoms with Gasteiger partial charge in [-0.1, -0.05) is 123 Å². The van der Waals surface area contributed by atoms with Crippen LogP contribution in [-0.2, 0) is 5.41 Å². The average Bonchev–Trinajstić information content (AvgIpc) is 3.72. The van der Waals surface area contributed by atoms with Crippen LogP contribution in [0.1, 0.15) is 25.0 Å². The molecule has 9 aromatic rings. The minimum atomic E-state index is -0.117. The highest BCUT2D eigenvalue weighted by Crippen LogP contribution is 2.55. The summed E-state index contributed by atoms with van der Waals surface area (Å²) in [7, 11) is 0. The lowest BCUT2D eigenvalue weighted by atomic mass is 9.81. The highest BCUT2D eigenvalue weighted by Gasteiger charge is 2.38. The Morgan fingerprint density at radius 1 is 0.426 bits per heavy atom. The first kappa shape index (κ1) is 26.4. The van der Waals surface area contributed by atoms with Crippen molar-refractivity contribution in [2.75, 3.05) is 0 Å². The monoisotopic (exact) mass is 600 g/mol. The molecule has 0 saturated carbocycles. The zero-order valence-corrected chi connectivity index (χ0v) is 26.4. The first-order valence-electron chi connectivity index (χ1n) is 16.5. The number of hydrogen-bond acceptors (Lipinski definition) is 0. The van der Waals surface area contributed by atoms with Crippen molar-refractivity contribution < 1.29 is 0 Å². The minimum Gasteiger partial charge on any atom is -0.309 e. The number of aromatic nitrogens is 2. The summed E-state index contributed by atoms with van der Waals surface area (Å²) in [6.45, 7) is 4.77. The Kier molecular flexibility index (Phi) is 5.37. The van der Waals surface area contributed by atoms with Gasteiger partial charge in [0.05, 0.1) is 22.1 Å². The molecule has 0 amide bonds. The molecule has 0 bridgehead atoms. The van der Waals surface area contributed by atoms with Crippen molar-refractivity contribution in [2.24, 2.45) is 0 Å². The van der Waals surface area contributed by atoms with Gasteiger partial charge in [-0.15, -0.1) is 0 Å². The van der Waals surface area contributed by atoms with Crippen LogP contribution in [0.2, 0.25) is 0 Å². The molecule has 0 N–H and O–H groups in total. The van der Waals surface area contributed by atoms with Crippen LogP contribution in [0.5, 0.6) is 0 Å². The fourth-order valence-electron chi connectivity index (χ4n) is 8.39. The molecule has 0 fully saturated rings. The fraction of sp³-hybridized carbons (Fsp3) is 0.0667. The van der Waals surface area contributed by atoms with Crippen molar-refractivity contribution >= 4 is 43.6 Å². The Bertz CT molecular complexity index is 2630. The molecule has 2 aromatic heterocycles. The van der Waals surface area contributed by atoms with Gasteiger partial charge in [-0.25, -0.2) is 0 Å². The van der Waals surface area contributed by atoms with E-state index in [1.807, 2.05) is 0 Å². The summed E-state index contributed by atoms with van der Waals surface area (Å²) in [5.41, 5.74) is 15.1. The van der Waals surface area contributed by atoms with Gasteiger partial charge in [0.1, 0.15) is 0 Å². The van der Waals surface area contributed by atoms with Gasteiger partial charge in [0.25, 0.3) is 0 Å². The fourth-order valence-corrected chi connectivity index (χ4v) is 8.39. The molecular weight excluding hydrogens is 569 g/mol. The van der Waals surface area contributed by atoms with Gasteiger partial charge in [0.15, 0.2) is 0 Å². The van der Waals surface area contributed by atoms with Gasteiger partial charge in [0.2, 0.25) is 0 Å². The second-order valence-electron chi connectivity index (χ2n) is 13.3. The van der Waals surface area contributed by atoms with Crippen molar-refractivity contribution in [1.82, 2.24) is 9.13 Å². The van der Waals surface area contributed by atoms with E-state index in [4.69, 9.17) is 0 Å². The van der Waals surface area contributed by atoms with Gasteiger partial charge in [-0.2, -0.15) is 0 Å². The second-order valence-corrected chi connectivity index (χ2v) is 13.3. The lowest BCUT2D eigenvalue weighted by molar-refractivity contribution is 0.661. The van der Waals surface area contributed by atoms with E-state index >= 15 is 0 Å². The van der Waals surface area contributed by atoms with Crippen molar-refractivity contribution in [1.29, 1.82) is 0 Å². The van der Waals surface area contributed by atoms with Gasteiger partial charge in [-0.3, -0.25) is 0 Å². The Morgan fingerprint density at radius 3 is 1.64 bits per heavy atom. The summed E-state index contributed by atoms with van der Waals surface area (Å²) in [6.07, 6.45) is 0. The van der Waals surface area contributed by atoms with E-state index in [-0.39, 0.29) is 5.41 Å². The lowest BCUT2D eigenvalue weighted by Gasteiger charge is -2.23. The molecule has 1 aliphatic carbocycles. The van der Waals surface area contributed by atoms with Crippen LogP contribution in [0.3, 0.4) is 0 Å². The molecule has 47 heavy (non-hydrogen) atoms. The highest BCUT2D eigenvalue weighted by atomic mass is 15.0. The van der Waals surface area contributed by atoms with E-state index in [0.717, 1.165) is 0 Å². The number of hydrogen-bond donors (Lipinski definition) is 0. The minimum absolute atomic E-state index is 0.117. The normalized spacial score (nSPS) is 13.5. The topological polar surface area (TPSA) is 9.86 Å². The predicted molar refractivity (Wildman–Crippen MR) is 198 cm³/mol. The summed E-state index contributed by atoms with van der Waals surface area (Å²) in [5, 5.41) is 5.18. The zero-order chi connectivity index (χ0) is 31.3. The molecule has 7 aromatic carbocycles. The molecule has 0 aliphatic heterocycles. The summed E-state index contributed by atoms with van der Waals surface area (Å²) in [4.78, 5) is 0. The van der Waals surface area contributed by atoms with E-state index in [1.54, 1.807) is 0 Å². The second kappa shape index (κ2) is 9.57. The van der Waals surface area contributed by atoms with Crippen LogP contribution in [0.15, 0.2) is 158 Å². The van der Waals surface area contributed by atoms with Crippen molar-refractivity contribution in [3.8, 4) is 33.6 Å². The number of para-hydroxylation sites is 4. The predicted octanol–water partition coefficient (Wildman–Crippen LogP) is 11.9. The lowest BCUT2D eigenvalue weighted by Crippen LogP contribution is -2.15. The molecule has 2 nitrogen and oxygen atoms in total. The van der Waals surface area contributed by atoms with E-state index in [0.29, 0.717) is 0 Å². The van der Waals surface area contributed by atoms with Crippen molar-refractivity contribution in [2.45, 2.75) is 19.3 Å². The standard InChI is InChI=1S/C45H32N2/c1-45(2)37-20-10-6-18-34(37)42-38(45)28-36(44-43(42)35-19-9-13-23-41(35)47(44)30-14-4-3-5-15-30)29-24-26-31(27-25-29)46-39-21-11-7-16-32(39)33-17-8-12-22-40(33)46/h3-28H,1-2H3. The van der Waals surface area contributed by atoms with Gasteiger partial charge in [0, 0.05) is 43.9 Å². The molecule has 0 atom stereocenters. The highest BCUT2D eigenvalue weighted by molar-refractivity contribution is 6.21. The maximum absolute atomic E-state index is 2.49. The Labute approximate surface area is 273 Å². The molecule has 2 heteroatoms. The number of fused-ring (bicyclic) bond motifs is 10. The smallest absolute Gasteiger partial charge is 0.0625 e. The molecule has 0 unspecified atom stereocenters. The van der Waals surface area contributed by atoms with Crippen LogP contribution >= 0.6 is 0 Å². The SMILES string of the molecule is CC1(C)c2ccccc2-c2c1cc(-c1ccc(-n3c4ccccc4c4ccccc43)cc1)c1c2c2ccccc2n1-c1ccccc1. The van der Waals surface area contributed by atoms with E-state index in [1.165, 1.54) is 88.4 Å².